The fraction of sp³-hybridized carbons (Fsp3) is 0.435. The zero-order chi connectivity index (χ0) is 23.3. The van der Waals surface area contributed by atoms with Crippen molar-refractivity contribution in [2.45, 2.75) is 31.1 Å². The Labute approximate surface area is 188 Å². The molecule has 172 valence electrons. The summed E-state index contributed by atoms with van der Waals surface area (Å²) in [6.45, 7) is 8.66. The van der Waals surface area contributed by atoms with Crippen LogP contribution in [0.5, 0.6) is 0 Å². The molecule has 0 saturated carbocycles. The molecule has 0 aliphatic carbocycles. The average molecular weight is 459 g/mol. The van der Waals surface area contributed by atoms with Gasteiger partial charge in [-0.05, 0) is 35.2 Å². The van der Waals surface area contributed by atoms with Crippen molar-refractivity contribution >= 4 is 32.4 Å². The minimum absolute atomic E-state index is 0.0671. The molecular formula is C23H30N4O4S. The third kappa shape index (κ3) is 4.02. The van der Waals surface area contributed by atoms with Crippen LogP contribution >= 0.6 is 0 Å². The Morgan fingerprint density at radius 1 is 0.938 bits per heavy atom. The summed E-state index contributed by atoms with van der Waals surface area (Å²) in [7, 11) is -0.424. The number of fused-ring (bicyclic) bond motifs is 1. The molecule has 0 amide bonds. The summed E-state index contributed by atoms with van der Waals surface area (Å²) >= 11 is 0. The van der Waals surface area contributed by atoms with Gasteiger partial charge in [0.05, 0.1) is 40.5 Å². The SMILES string of the molecule is Cn1c(=O)n(C)c2cc(N3CCOCC3)c(NS(=O)(=O)c3ccc(C(C)(C)C)cc3)cc21. The molecular weight excluding hydrogens is 428 g/mol. The number of aromatic nitrogens is 2. The van der Waals surface area contributed by atoms with Crippen molar-refractivity contribution in [3.63, 3.8) is 0 Å². The molecule has 1 aromatic heterocycles. The topological polar surface area (TPSA) is 85.6 Å². The second-order valence-corrected chi connectivity index (χ2v) is 10.9. The number of rotatable bonds is 4. The lowest BCUT2D eigenvalue weighted by molar-refractivity contribution is 0.123. The highest BCUT2D eigenvalue weighted by Gasteiger charge is 2.23. The summed E-state index contributed by atoms with van der Waals surface area (Å²) in [6.07, 6.45) is 0. The highest BCUT2D eigenvalue weighted by Crippen LogP contribution is 2.33. The van der Waals surface area contributed by atoms with Gasteiger partial charge in [0.25, 0.3) is 10.0 Å². The summed E-state index contributed by atoms with van der Waals surface area (Å²) in [6, 6.07) is 10.6. The molecule has 1 aliphatic rings. The predicted octanol–water partition coefficient (Wildman–Crippen LogP) is 2.81. The molecule has 1 aliphatic heterocycles. The van der Waals surface area contributed by atoms with Crippen molar-refractivity contribution in [3.05, 3.63) is 52.4 Å². The number of aryl methyl sites for hydroxylation is 2. The number of hydrogen-bond acceptors (Lipinski definition) is 5. The number of ether oxygens (including phenoxy) is 1. The minimum atomic E-state index is -3.82. The van der Waals surface area contributed by atoms with E-state index in [2.05, 4.69) is 30.4 Å². The fourth-order valence-electron chi connectivity index (χ4n) is 4.02. The molecule has 3 aromatic rings. The maximum absolute atomic E-state index is 13.3. The molecule has 0 bridgehead atoms. The molecule has 4 rings (SSSR count). The van der Waals surface area contributed by atoms with Gasteiger partial charge in [-0.1, -0.05) is 32.9 Å². The van der Waals surface area contributed by atoms with Gasteiger partial charge in [0.1, 0.15) is 0 Å². The lowest BCUT2D eigenvalue weighted by Gasteiger charge is -2.31. The van der Waals surface area contributed by atoms with Crippen LogP contribution in [0.2, 0.25) is 0 Å². The van der Waals surface area contributed by atoms with Crippen LogP contribution in [0.3, 0.4) is 0 Å². The van der Waals surface area contributed by atoms with Gasteiger partial charge in [-0.2, -0.15) is 0 Å². The number of nitrogens with zero attached hydrogens (tertiary/aromatic N) is 3. The Bertz CT molecular complexity index is 1310. The third-order valence-corrected chi connectivity index (χ3v) is 7.40. The number of imidazole rings is 1. The van der Waals surface area contributed by atoms with Gasteiger partial charge in [0, 0.05) is 27.2 Å². The van der Waals surface area contributed by atoms with E-state index in [1.807, 2.05) is 18.2 Å². The molecule has 1 saturated heterocycles. The summed E-state index contributed by atoms with van der Waals surface area (Å²) in [5, 5.41) is 0. The van der Waals surface area contributed by atoms with Gasteiger partial charge in [-0.3, -0.25) is 13.9 Å². The molecule has 0 unspecified atom stereocenters. The van der Waals surface area contributed by atoms with Crippen molar-refractivity contribution in [2.24, 2.45) is 14.1 Å². The van der Waals surface area contributed by atoms with Crippen molar-refractivity contribution < 1.29 is 13.2 Å². The first-order chi connectivity index (χ1) is 15.0. The summed E-state index contributed by atoms with van der Waals surface area (Å²) in [4.78, 5) is 14.7. The van der Waals surface area contributed by atoms with Crippen LogP contribution in [-0.2, 0) is 34.3 Å². The van der Waals surface area contributed by atoms with Crippen LogP contribution in [0.15, 0.2) is 46.1 Å². The van der Waals surface area contributed by atoms with E-state index in [-0.39, 0.29) is 16.0 Å². The van der Waals surface area contributed by atoms with Gasteiger partial charge < -0.3 is 9.64 Å². The highest BCUT2D eigenvalue weighted by molar-refractivity contribution is 7.92. The highest BCUT2D eigenvalue weighted by atomic mass is 32.2. The Balaban J connectivity index is 1.80. The number of hydrogen-bond donors (Lipinski definition) is 1. The van der Waals surface area contributed by atoms with Crippen molar-refractivity contribution in [1.29, 1.82) is 0 Å². The molecule has 2 heterocycles. The molecule has 0 spiro atoms. The van der Waals surface area contributed by atoms with Gasteiger partial charge in [0.2, 0.25) is 0 Å². The van der Waals surface area contributed by atoms with E-state index in [9.17, 15) is 13.2 Å². The Hall–Kier alpha value is -2.78. The summed E-state index contributed by atoms with van der Waals surface area (Å²) in [5.41, 5.74) is 3.42. The van der Waals surface area contributed by atoms with Crippen LogP contribution in [0.25, 0.3) is 11.0 Å². The first kappa shape index (κ1) is 22.4. The van der Waals surface area contributed by atoms with Gasteiger partial charge in [-0.25, -0.2) is 13.2 Å². The normalized spacial score (nSPS) is 15.3. The summed E-state index contributed by atoms with van der Waals surface area (Å²) in [5.74, 6) is 0. The van der Waals surface area contributed by atoms with E-state index in [0.29, 0.717) is 37.5 Å². The second-order valence-electron chi connectivity index (χ2n) is 9.24. The monoisotopic (exact) mass is 458 g/mol. The lowest BCUT2D eigenvalue weighted by atomic mass is 9.87. The Kier molecular flexibility index (Phi) is 5.58. The molecule has 2 aromatic carbocycles. The minimum Gasteiger partial charge on any atom is -0.378 e. The van der Waals surface area contributed by atoms with Crippen LogP contribution in [-0.4, -0.2) is 43.9 Å². The van der Waals surface area contributed by atoms with E-state index in [4.69, 9.17) is 4.74 Å². The molecule has 8 nitrogen and oxygen atoms in total. The quantitative estimate of drug-likeness (QED) is 0.650. The zero-order valence-corrected chi connectivity index (χ0v) is 20.0. The third-order valence-electron chi connectivity index (χ3n) is 6.02. The molecule has 0 radical (unpaired) electrons. The second kappa shape index (κ2) is 7.97. The largest absolute Gasteiger partial charge is 0.378 e. The van der Waals surface area contributed by atoms with Crippen LogP contribution in [0, 0.1) is 0 Å². The van der Waals surface area contributed by atoms with Crippen molar-refractivity contribution in [2.75, 3.05) is 35.9 Å². The van der Waals surface area contributed by atoms with E-state index in [1.165, 1.54) is 4.57 Å². The van der Waals surface area contributed by atoms with Crippen molar-refractivity contribution in [3.8, 4) is 0 Å². The summed E-state index contributed by atoms with van der Waals surface area (Å²) < 4.78 is 37.9. The zero-order valence-electron chi connectivity index (χ0n) is 19.2. The average Bonchev–Trinajstić information content (AvgIpc) is 2.96. The number of benzene rings is 2. The molecule has 1 N–H and O–H groups in total. The predicted molar refractivity (Wildman–Crippen MR) is 127 cm³/mol. The molecule has 9 heteroatoms. The standard InChI is InChI=1S/C23H30N4O4S/c1-23(2,3)16-6-8-17(9-7-16)32(29,30)24-18-14-20-21(26(5)22(28)25(20)4)15-19(18)27-10-12-31-13-11-27/h6-9,14-15,24H,10-13H2,1-5H3. The van der Waals surface area contributed by atoms with Crippen LogP contribution < -0.4 is 15.3 Å². The number of anilines is 2. The maximum Gasteiger partial charge on any atom is 0.328 e. The first-order valence-corrected chi connectivity index (χ1v) is 12.1. The molecule has 32 heavy (non-hydrogen) atoms. The number of nitrogens with one attached hydrogen (secondary N) is 1. The van der Waals surface area contributed by atoms with Gasteiger partial charge in [-0.15, -0.1) is 0 Å². The fourth-order valence-corrected chi connectivity index (χ4v) is 5.08. The molecule has 0 atom stereocenters. The van der Waals surface area contributed by atoms with Crippen LogP contribution in [0.4, 0.5) is 11.4 Å². The van der Waals surface area contributed by atoms with Crippen LogP contribution in [0.1, 0.15) is 26.3 Å². The number of morpholine rings is 1. The first-order valence-electron chi connectivity index (χ1n) is 10.6. The Morgan fingerprint density at radius 3 is 2.06 bits per heavy atom. The van der Waals surface area contributed by atoms with E-state index in [0.717, 1.165) is 16.8 Å². The van der Waals surface area contributed by atoms with E-state index < -0.39 is 10.0 Å². The lowest BCUT2D eigenvalue weighted by Crippen LogP contribution is -2.36. The van der Waals surface area contributed by atoms with Crippen molar-refractivity contribution in [1.82, 2.24) is 9.13 Å². The maximum atomic E-state index is 13.3. The van der Waals surface area contributed by atoms with Gasteiger partial charge >= 0.3 is 5.69 Å². The number of sulfonamides is 1. The van der Waals surface area contributed by atoms with E-state index in [1.54, 1.807) is 36.9 Å². The molecule has 1 fully saturated rings. The van der Waals surface area contributed by atoms with E-state index >= 15 is 0 Å². The smallest absolute Gasteiger partial charge is 0.328 e. The Morgan fingerprint density at radius 2 is 1.50 bits per heavy atom. The van der Waals surface area contributed by atoms with Gasteiger partial charge in [0.15, 0.2) is 0 Å².